The summed E-state index contributed by atoms with van der Waals surface area (Å²) in [5.74, 6) is -0.0681. The van der Waals surface area contributed by atoms with E-state index in [1.165, 1.54) is 12.1 Å². The maximum absolute atomic E-state index is 13.3. The van der Waals surface area contributed by atoms with Crippen LogP contribution in [0.2, 0.25) is 0 Å². The molecule has 0 saturated carbocycles. The zero-order chi connectivity index (χ0) is 15.4. The second kappa shape index (κ2) is 6.32. The molecule has 0 heterocycles. The Hall–Kier alpha value is -2.47. The van der Waals surface area contributed by atoms with Crippen LogP contribution in [-0.2, 0) is 6.61 Å². The number of hydrogen-bond acceptors (Lipinski definition) is 4. The lowest BCUT2D eigenvalue weighted by molar-refractivity contribution is -0.385. The third-order valence-corrected chi connectivity index (χ3v) is 2.96. The summed E-state index contributed by atoms with van der Waals surface area (Å²) in [6.45, 7) is 1.93. The fraction of sp³-hybridized carbons (Fsp3) is 0.200. The molecule has 0 unspecified atom stereocenters. The predicted octanol–water partition coefficient (Wildman–Crippen LogP) is 3.33. The molecule has 110 valence electrons. The van der Waals surface area contributed by atoms with Gasteiger partial charge in [-0.05, 0) is 36.2 Å². The summed E-state index contributed by atoms with van der Waals surface area (Å²) in [6, 6.07) is 10.5. The molecule has 0 fully saturated rings. The van der Waals surface area contributed by atoms with E-state index >= 15 is 0 Å². The lowest BCUT2D eigenvalue weighted by Gasteiger charge is -2.09. The van der Waals surface area contributed by atoms with Crippen LogP contribution in [0.4, 0.5) is 10.1 Å². The fourth-order valence-electron chi connectivity index (χ4n) is 1.86. The third-order valence-electron chi connectivity index (χ3n) is 2.96. The van der Waals surface area contributed by atoms with Crippen LogP contribution in [0.15, 0.2) is 42.5 Å². The summed E-state index contributed by atoms with van der Waals surface area (Å²) in [5, 5.41) is 10.7. The number of non-ortho nitro benzene ring substituents is 1. The van der Waals surface area contributed by atoms with E-state index in [9.17, 15) is 14.5 Å². The van der Waals surface area contributed by atoms with Gasteiger partial charge in [0.25, 0.3) is 5.69 Å². The number of hydrogen-bond donors (Lipinski definition) is 1. The maximum atomic E-state index is 13.3. The molecule has 1 atom stereocenters. The Labute approximate surface area is 121 Å². The van der Waals surface area contributed by atoms with E-state index in [4.69, 9.17) is 10.5 Å². The molecule has 0 aliphatic carbocycles. The molecular weight excluding hydrogens is 275 g/mol. The van der Waals surface area contributed by atoms with Crippen molar-refractivity contribution in [3.8, 4) is 5.75 Å². The van der Waals surface area contributed by atoms with Gasteiger partial charge in [-0.1, -0.05) is 12.1 Å². The van der Waals surface area contributed by atoms with Gasteiger partial charge in [0.15, 0.2) is 0 Å². The van der Waals surface area contributed by atoms with E-state index < -0.39 is 10.7 Å². The number of benzene rings is 2. The molecular formula is C15H15FN2O3. The van der Waals surface area contributed by atoms with Crippen LogP contribution in [0.5, 0.6) is 5.75 Å². The highest BCUT2D eigenvalue weighted by Gasteiger charge is 2.10. The molecule has 0 amide bonds. The van der Waals surface area contributed by atoms with Gasteiger partial charge >= 0.3 is 0 Å². The van der Waals surface area contributed by atoms with Gasteiger partial charge in [0.2, 0.25) is 0 Å². The zero-order valence-electron chi connectivity index (χ0n) is 11.5. The van der Waals surface area contributed by atoms with E-state index in [-0.39, 0.29) is 18.3 Å². The Kier molecular flexibility index (Phi) is 4.49. The lowest BCUT2D eigenvalue weighted by atomic mass is 10.1. The van der Waals surface area contributed by atoms with E-state index in [2.05, 4.69) is 0 Å². The summed E-state index contributed by atoms with van der Waals surface area (Å²) in [4.78, 5) is 10.0. The van der Waals surface area contributed by atoms with Crippen molar-refractivity contribution in [2.45, 2.75) is 19.6 Å². The van der Waals surface area contributed by atoms with Gasteiger partial charge < -0.3 is 10.5 Å². The number of nitro groups is 1. The molecule has 0 radical (unpaired) electrons. The second-order valence-electron chi connectivity index (χ2n) is 4.72. The summed E-state index contributed by atoms with van der Waals surface area (Å²) >= 11 is 0. The van der Waals surface area contributed by atoms with Gasteiger partial charge in [-0.3, -0.25) is 10.1 Å². The quantitative estimate of drug-likeness (QED) is 0.676. The SMILES string of the molecule is C[C@H](N)c1ccc(OCc2cc(F)cc([N+](=O)[O-])c2)cc1. The number of nitro benzene ring substituents is 1. The van der Waals surface area contributed by atoms with Gasteiger partial charge in [0.1, 0.15) is 18.2 Å². The normalized spacial score (nSPS) is 12.0. The fourth-order valence-corrected chi connectivity index (χ4v) is 1.86. The minimum absolute atomic E-state index is 0.0517. The average Bonchev–Trinajstić information content (AvgIpc) is 2.45. The molecule has 2 aromatic rings. The molecule has 5 nitrogen and oxygen atoms in total. The van der Waals surface area contributed by atoms with Gasteiger partial charge in [-0.15, -0.1) is 0 Å². The van der Waals surface area contributed by atoms with Gasteiger partial charge in [-0.2, -0.15) is 0 Å². The summed E-state index contributed by atoms with van der Waals surface area (Å²) in [7, 11) is 0. The first-order chi connectivity index (χ1) is 9.95. The van der Waals surface area contributed by atoms with Crippen LogP contribution in [0.25, 0.3) is 0 Å². The number of nitrogens with two attached hydrogens (primary N) is 1. The molecule has 0 saturated heterocycles. The number of halogens is 1. The predicted molar refractivity (Wildman–Crippen MR) is 76.4 cm³/mol. The van der Waals surface area contributed by atoms with Crippen molar-refractivity contribution in [3.05, 3.63) is 69.5 Å². The molecule has 6 heteroatoms. The largest absolute Gasteiger partial charge is 0.489 e. The molecule has 0 bridgehead atoms. The molecule has 21 heavy (non-hydrogen) atoms. The van der Waals surface area contributed by atoms with Crippen LogP contribution in [-0.4, -0.2) is 4.92 Å². The minimum atomic E-state index is -0.657. The minimum Gasteiger partial charge on any atom is -0.489 e. The number of rotatable bonds is 5. The van der Waals surface area contributed by atoms with Crippen molar-refractivity contribution in [3.63, 3.8) is 0 Å². The smallest absolute Gasteiger partial charge is 0.272 e. The van der Waals surface area contributed by atoms with Crippen LogP contribution in [0.1, 0.15) is 24.1 Å². The zero-order valence-corrected chi connectivity index (χ0v) is 11.5. The van der Waals surface area contributed by atoms with Crippen molar-refractivity contribution >= 4 is 5.69 Å². The van der Waals surface area contributed by atoms with Crippen molar-refractivity contribution in [1.82, 2.24) is 0 Å². The molecule has 2 rings (SSSR count). The van der Waals surface area contributed by atoms with Crippen LogP contribution < -0.4 is 10.5 Å². The van der Waals surface area contributed by atoms with Gasteiger partial charge in [0, 0.05) is 12.1 Å². The second-order valence-corrected chi connectivity index (χ2v) is 4.72. The van der Waals surface area contributed by atoms with Crippen molar-refractivity contribution in [2.75, 3.05) is 0 Å². The lowest BCUT2D eigenvalue weighted by Crippen LogP contribution is -2.04. The van der Waals surface area contributed by atoms with E-state index in [1.54, 1.807) is 12.1 Å². The van der Waals surface area contributed by atoms with E-state index in [0.717, 1.165) is 11.6 Å². The number of ether oxygens (including phenoxy) is 1. The summed E-state index contributed by atoms with van der Waals surface area (Å²) in [5.41, 5.74) is 6.83. The monoisotopic (exact) mass is 290 g/mol. The Morgan fingerprint density at radius 3 is 2.52 bits per heavy atom. The standard InChI is InChI=1S/C15H15FN2O3/c1-10(17)12-2-4-15(5-3-12)21-9-11-6-13(16)8-14(7-11)18(19)20/h2-8,10H,9,17H2,1H3/t10-/m0/s1. The summed E-state index contributed by atoms with van der Waals surface area (Å²) in [6.07, 6.45) is 0. The number of nitrogens with zero attached hydrogens (tertiary/aromatic N) is 1. The van der Waals surface area contributed by atoms with Crippen LogP contribution in [0.3, 0.4) is 0 Å². The Morgan fingerprint density at radius 1 is 1.29 bits per heavy atom. The highest BCUT2D eigenvalue weighted by molar-refractivity contribution is 5.35. The molecule has 0 aromatic heterocycles. The van der Waals surface area contributed by atoms with Crippen molar-refractivity contribution in [2.24, 2.45) is 5.73 Å². The van der Waals surface area contributed by atoms with Crippen LogP contribution >= 0.6 is 0 Å². The van der Waals surface area contributed by atoms with Crippen molar-refractivity contribution < 1.29 is 14.1 Å². The molecule has 0 spiro atoms. The highest BCUT2D eigenvalue weighted by Crippen LogP contribution is 2.20. The van der Waals surface area contributed by atoms with Crippen LogP contribution in [0, 0.1) is 15.9 Å². The highest BCUT2D eigenvalue weighted by atomic mass is 19.1. The Morgan fingerprint density at radius 2 is 1.95 bits per heavy atom. The molecule has 0 aliphatic heterocycles. The first-order valence-electron chi connectivity index (χ1n) is 6.38. The maximum Gasteiger partial charge on any atom is 0.272 e. The first-order valence-corrected chi connectivity index (χ1v) is 6.38. The van der Waals surface area contributed by atoms with Gasteiger partial charge in [0.05, 0.1) is 11.0 Å². The summed E-state index contributed by atoms with van der Waals surface area (Å²) < 4.78 is 18.8. The topological polar surface area (TPSA) is 78.4 Å². The average molecular weight is 290 g/mol. The first kappa shape index (κ1) is 14.9. The molecule has 0 aliphatic rings. The van der Waals surface area contributed by atoms with E-state index in [0.29, 0.717) is 11.3 Å². The Balaban J connectivity index is 2.07. The van der Waals surface area contributed by atoms with Crippen molar-refractivity contribution in [1.29, 1.82) is 0 Å². The Bertz CT molecular complexity index is 642. The third kappa shape index (κ3) is 4.00. The van der Waals surface area contributed by atoms with Gasteiger partial charge in [-0.25, -0.2) is 4.39 Å². The molecule has 2 N–H and O–H groups in total. The van der Waals surface area contributed by atoms with E-state index in [1.807, 2.05) is 19.1 Å². The molecule has 2 aromatic carbocycles.